The van der Waals surface area contributed by atoms with E-state index in [1.165, 1.54) is 23.1 Å². The Balaban J connectivity index is 2.01. The predicted octanol–water partition coefficient (Wildman–Crippen LogP) is 3.29. The molecule has 2 aromatic rings. The van der Waals surface area contributed by atoms with Gasteiger partial charge in [-0.15, -0.1) is 0 Å². The maximum atomic E-state index is 13.3. The number of aliphatic hydroxyl groups is 1. The Hall–Kier alpha value is -2.28. The Labute approximate surface area is 136 Å². The van der Waals surface area contributed by atoms with Gasteiger partial charge in [0.25, 0.3) is 5.91 Å². The van der Waals surface area contributed by atoms with E-state index in [0.29, 0.717) is 11.3 Å². The molecule has 1 amide bonds. The highest BCUT2D eigenvalue weighted by Gasteiger charge is 2.41. The van der Waals surface area contributed by atoms with E-state index >= 15 is 0 Å². The summed E-state index contributed by atoms with van der Waals surface area (Å²) in [5.41, 5.74) is 0.290. The molecule has 0 saturated carbocycles. The molecule has 0 spiro atoms. The summed E-state index contributed by atoms with van der Waals surface area (Å²) in [6.45, 7) is 1.73. The number of likely N-dealkylation sites (tertiary alicyclic amines) is 1. The number of benzene rings is 1. The lowest BCUT2D eigenvalue weighted by Gasteiger charge is -2.27. The number of β-amino-alcohol motifs (C(OH)–C–C–N with tert-alkyl or cyclic N) is 1. The zero-order valence-corrected chi connectivity index (χ0v) is 13.0. The lowest BCUT2D eigenvalue weighted by Crippen LogP contribution is -2.32. The van der Waals surface area contributed by atoms with Crippen LogP contribution in [0.4, 0.5) is 13.2 Å². The fourth-order valence-corrected chi connectivity index (χ4v) is 3.22. The van der Waals surface area contributed by atoms with Gasteiger partial charge in [0.2, 0.25) is 0 Å². The second kappa shape index (κ2) is 5.98. The lowest BCUT2D eigenvalue weighted by molar-refractivity contribution is -0.138. The largest absolute Gasteiger partial charge is 0.416 e. The number of aromatic amines is 1. The summed E-state index contributed by atoms with van der Waals surface area (Å²) in [4.78, 5) is 16.9. The molecule has 2 N–H and O–H groups in total. The zero-order valence-electron chi connectivity index (χ0n) is 13.0. The van der Waals surface area contributed by atoms with E-state index in [9.17, 15) is 23.1 Å². The number of alkyl halides is 3. The van der Waals surface area contributed by atoms with E-state index in [-0.39, 0.29) is 24.4 Å². The summed E-state index contributed by atoms with van der Waals surface area (Å²) in [5, 5.41) is 9.96. The van der Waals surface area contributed by atoms with Crippen LogP contribution in [-0.4, -0.2) is 33.5 Å². The summed E-state index contributed by atoms with van der Waals surface area (Å²) >= 11 is 0. The molecule has 128 valence electrons. The molecule has 7 heteroatoms. The van der Waals surface area contributed by atoms with Gasteiger partial charge in [0.15, 0.2) is 0 Å². The molecule has 24 heavy (non-hydrogen) atoms. The van der Waals surface area contributed by atoms with E-state index in [1.807, 2.05) is 0 Å². The van der Waals surface area contributed by atoms with Crippen molar-refractivity contribution >= 4 is 5.91 Å². The van der Waals surface area contributed by atoms with Gasteiger partial charge in [-0.3, -0.25) is 4.79 Å². The molecule has 0 radical (unpaired) electrons. The lowest BCUT2D eigenvalue weighted by atomic mass is 9.97. The summed E-state index contributed by atoms with van der Waals surface area (Å²) < 4.78 is 39.9. The SMILES string of the molecule is Cc1[nH]ccc1C(=O)N1C[C@H](O)C[C@@H]1c1ccccc1C(F)(F)F. The van der Waals surface area contributed by atoms with Gasteiger partial charge in [0.05, 0.1) is 23.3 Å². The molecule has 1 aromatic carbocycles. The number of rotatable bonds is 2. The number of nitrogens with zero attached hydrogens (tertiary/aromatic N) is 1. The molecule has 2 atom stereocenters. The maximum Gasteiger partial charge on any atom is 0.416 e. The summed E-state index contributed by atoms with van der Waals surface area (Å²) in [6, 6.07) is 5.99. The smallest absolute Gasteiger partial charge is 0.391 e. The number of hydrogen-bond donors (Lipinski definition) is 2. The molecule has 0 unspecified atom stereocenters. The number of aliphatic hydroxyl groups excluding tert-OH is 1. The first-order valence-corrected chi connectivity index (χ1v) is 7.58. The van der Waals surface area contributed by atoms with Gasteiger partial charge in [-0.05, 0) is 31.0 Å². The number of aromatic nitrogens is 1. The van der Waals surface area contributed by atoms with Crippen molar-refractivity contribution in [2.45, 2.75) is 31.7 Å². The molecule has 1 aliphatic rings. The number of nitrogens with one attached hydrogen (secondary N) is 1. The standard InChI is InChI=1S/C17H17F3N2O2/c1-10-12(6-7-21-10)16(24)22-9-11(23)8-15(22)13-4-2-3-5-14(13)17(18,19)20/h2-7,11,15,21,23H,8-9H2,1H3/t11-,15-/m1/s1. The van der Waals surface area contributed by atoms with Crippen molar-refractivity contribution in [3.05, 3.63) is 58.9 Å². The minimum atomic E-state index is -4.51. The van der Waals surface area contributed by atoms with Gasteiger partial charge in [-0.2, -0.15) is 13.2 Å². The molecule has 0 bridgehead atoms. The number of carbonyl (C=O) groups is 1. The number of hydrogen-bond acceptors (Lipinski definition) is 2. The van der Waals surface area contributed by atoms with Crippen LogP contribution in [0, 0.1) is 6.92 Å². The van der Waals surface area contributed by atoms with Crippen molar-refractivity contribution in [2.75, 3.05) is 6.54 Å². The Morgan fingerprint density at radius 3 is 2.62 bits per heavy atom. The second-order valence-electron chi connectivity index (χ2n) is 5.96. The fourth-order valence-electron chi connectivity index (χ4n) is 3.22. The minimum Gasteiger partial charge on any atom is -0.391 e. The number of aryl methyl sites for hydroxylation is 1. The molecule has 1 aromatic heterocycles. The highest BCUT2D eigenvalue weighted by Crippen LogP contribution is 2.41. The Morgan fingerprint density at radius 1 is 1.29 bits per heavy atom. The average molecular weight is 338 g/mol. The van der Waals surface area contributed by atoms with Crippen LogP contribution < -0.4 is 0 Å². The molecule has 3 rings (SSSR count). The first kappa shape index (κ1) is 16.6. The van der Waals surface area contributed by atoms with Gasteiger partial charge < -0.3 is 15.0 Å². The first-order valence-electron chi connectivity index (χ1n) is 7.58. The van der Waals surface area contributed by atoms with Gasteiger partial charge in [0, 0.05) is 18.4 Å². The van der Waals surface area contributed by atoms with Crippen molar-refractivity contribution in [3.8, 4) is 0 Å². The van der Waals surface area contributed by atoms with E-state index < -0.39 is 23.9 Å². The predicted molar refractivity (Wildman–Crippen MR) is 81.4 cm³/mol. The summed E-state index contributed by atoms with van der Waals surface area (Å²) in [6.07, 6.45) is -3.67. The Bertz CT molecular complexity index is 754. The summed E-state index contributed by atoms with van der Waals surface area (Å²) in [5.74, 6) is -0.382. The molecule has 1 aliphatic heterocycles. The van der Waals surface area contributed by atoms with Crippen LogP contribution in [0.5, 0.6) is 0 Å². The van der Waals surface area contributed by atoms with E-state index in [2.05, 4.69) is 4.98 Å². The van der Waals surface area contributed by atoms with Crippen LogP contribution in [0.3, 0.4) is 0 Å². The molecule has 4 nitrogen and oxygen atoms in total. The molecule has 1 saturated heterocycles. The molecule has 2 heterocycles. The first-order chi connectivity index (χ1) is 11.3. The van der Waals surface area contributed by atoms with Crippen LogP contribution in [0.1, 0.15) is 39.6 Å². The summed E-state index contributed by atoms with van der Waals surface area (Å²) in [7, 11) is 0. The van der Waals surface area contributed by atoms with Crippen molar-refractivity contribution in [1.29, 1.82) is 0 Å². The van der Waals surface area contributed by atoms with Crippen LogP contribution in [0.25, 0.3) is 0 Å². The number of carbonyl (C=O) groups excluding carboxylic acids is 1. The highest BCUT2D eigenvalue weighted by molar-refractivity contribution is 5.95. The van der Waals surface area contributed by atoms with Crippen molar-refractivity contribution in [2.24, 2.45) is 0 Å². The van der Waals surface area contributed by atoms with Crippen LogP contribution >= 0.6 is 0 Å². The minimum absolute atomic E-state index is 0.0142. The maximum absolute atomic E-state index is 13.3. The normalized spacial score (nSPS) is 21.3. The van der Waals surface area contributed by atoms with Crippen molar-refractivity contribution in [1.82, 2.24) is 9.88 Å². The molecule has 1 fully saturated rings. The Morgan fingerprint density at radius 2 is 2.00 bits per heavy atom. The number of halogens is 3. The van der Waals surface area contributed by atoms with Crippen LogP contribution in [0.15, 0.2) is 36.5 Å². The van der Waals surface area contributed by atoms with Crippen LogP contribution in [-0.2, 0) is 6.18 Å². The van der Waals surface area contributed by atoms with Gasteiger partial charge in [0.1, 0.15) is 0 Å². The second-order valence-corrected chi connectivity index (χ2v) is 5.96. The number of H-pyrrole nitrogens is 1. The van der Waals surface area contributed by atoms with E-state index in [0.717, 1.165) is 6.07 Å². The van der Waals surface area contributed by atoms with Gasteiger partial charge in [-0.1, -0.05) is 18.2 Å². The van der Waals surface area contributed by atoms with Crippen LogP contribution in [0.2, 0.25) is 0 Å². The zero-order chi connectivity index (χ0) is 17.5. The van der Waals surface area contributed by atoms with Gasteiger partial charge >= 0.3 is 6.18 Å². The van der Waals surface area contributed by atoms with Crippen molar-refractivity contribution in [3.63, 3.8) is 0 Å². The average Bonchev–Trinajstić information content (AvgIpc) is 3.11. The highest BCUT2D eigenvalue weighted by atomic mass is 19.4. The third-order valence-electron chi connectivity index (χ3n) is 4.35. The van der Waals surface area contributed by atoms with Gasteiger partial charge in [-0.25, -0.2) is 0 Å². The quantitative estimate of drug-likeness (QED) is 0.883. The monoisotopic (exact) mass is 338 g/mol. The molecule has 0 aliphatic carbocycles. The number of amides is 1. The molecular weight excluding hydrogens is 321 g/mol. The fraction of sp³-hybridized carbons (Fsp3) is 0.353. The van der Waals surface area contributed by atoms with E-state index in [1.54, 1.807) is 19.2 Å². The van der Waals surface area contributed by atoms with Crippen molar-refractivity contribution < 1.29 is 23.1 Å². The van der Waals surface area contributed by atoms with E-state index in [4.69, 9.17) is 0 Å². The topological polar surface area (TPSA) is 56.3 Å². The third kappa shape index (κ3) is 2.91. The molecular formula is C17H17F3N2O2. The third-order valence-corrected chi connectivity index (χ3v) is 4.35. The Kier molecular flexibility index (Phi) is 4.13.